The SMILES string of the molecule is CCOc1cccc(C2C=C(c3cccc(OC)c3)NC(c3ccc(Br)cc3)[NH2+]2)c1O. The van der Waals surface area contributed by atoms with Crippen LogP contribution in [0.4, 0.5) is 0 Å². The zero-order valence-corrected chi connectivity index (χ0v) is 19.1. The summed E-state index contributed by atoms with van der Waals surface area (Å²) in [6.45, 7) is 2.41. The van der Waals surface area contributed by atoms with E-state index in [2.05, 4.69) is 50.8 Å². The summed E-state index contributed by atoms with van der Waals surface area (Å²) >= 11 is 3.51. The molecule has 4 rings (SSSR count). The first-order chi connectivity index (χ1) is 15.1. The molecule has 0 aromatic heterocycles. The van der Waals surface area contributed by atoms with Gasteiger partial charge in [-0.2, -0.15) is 0 Å². The third kappa shape index (κ3) is 4.70. The molecular weight excluding hydrogens is 456 g/mol. The number of rotatable bonds is 6. The third-order valence-electron chi connectivity index (χ3n) is 5.36. The maximum absolute atomic E-state index is 10.9. The van der Waals surface area contributed by atoms with Crippen LogP contribution in [0, 0.1) is 0 Å². The van der Waals surface area contributed by atoms with Gasteiger partial charge in [0, 0.05) is 27.4 Å². The van der Waals surface area contributed by atoms with E-state index in [1.54, 1.807) is 13.2 Å². The first-order valence-electron chi connectivity index (χ1n) is 10.3. The van der Waals surface area contributed by atoms with Crippen LogP contribution in [0.1, 0.15) is 35.8 Å². The van der Waals surface area contributed by atoms with Crippen LogP contribution in [0.5, 0.6) is 17.2 Å². The summed E-state index contributed by atoms with van der Waals surface area (Å²) in [5, 5.41) is 16.7. The van der Waals surface area contributed by atoms with Crippen LogP contribution in [0.25, 0.3) is 5.70 Å². The van der Waals surface area contributed by atoms with Crippen LogP contribution >= 0.6 is 15.9 Å². The van der Waals surface area contributed by atoms with Crippen LogP contribution in [0.2, 0.25) is 0 Å². The second-order valence-electron chi connectivity index (χ2n) is 7.33. The monoisotopic (exact) mass is 481 g/mol. The Balaban J connectivity index is 1.77. The zero-order valence-electron chi connectivity index (χ0n) is 17.5. The number of hydrogen-bond donors (Lipinski definition) is 3. The van der Waals surface area contributed by atoms with Gasteiger partial charge >= 0.3 is 0 Å². The van der Waals surface area contributed by atoms with E-state index < -0.39 is 0 Å². The number of phenols is 1. The van der Waals surface area contributed by atoms with E-state index in [0.717, 1.165) is 32.6 Å². The number of aromatic hydroxyl groups is 1. The third-order valence-corrected chi connectivity index (χ3v) is 5.88. The Hall–Kier alpha value is -2.96. The fraction of sp³-hybridized carbons (Fsp3) is 0.200. The van der Waals surface area contributed by atoms with Crippen molar-refractivity contribution in [3.63, 3.8) is 0 Å². The summed E-state index contributed by atoms with van der Waals surface area (Å²) in [7, 11) is 1.67. The Morgan fingerprint density at radius 1 is 1.06 bits per heavy atom. The van der Waals surface area contributed by atoms with Crippen LogP contribution in [-0.2, 0) is 0 Å². The molecule has 5 nitrogen and oxygen atoms in total. The van der Waals surface area contributed by atoms with Gasteiger partial charge in [-0.25, -0.2) is 0 Å². The minimum atomic E-state index is -0.100. The van der Waals surface area contributed by atoms with Crippen LogP contribution < -0.4 is 20.1 Å². The summed E-state index contributed by atoms with van der Waals surface area (Å²) in [4.78, 5) is 0. The molecule has 3 aromatic carbocycles. The number of phenolic OH excluding ortho intramolecular Hbond substituents is 1. The molecule has 0 saturated heterocycles. The van der Waals surface area contributed by atoms with Crippen molar-refractivity contribution in [2.24, 2.45) is 0 Å². The molecule has 0 bridgehead atoms. The van der Waals surface area contributed by atoms with E-state index in [1.807, 2.05) is 49.4 Å². The van der Waals surface area contributed by atoms with Gasteiger partial charge in [-0.05, 0) is 55.5 Å². The summed E-state index contributed by atoms with van der Waals surface area (Å²) in [5.41, 5.74) is 3.97. The lowest BCUT2D eigenvalue weighted by Crippen LogP contribution is -2.89. The molecule has 2 unspecified atom stereocenters. The molecular formula is C25H26BrN2O3+. The summed E-state index contributed by atoms with van der Waals surface area (Å²) < 4.78 is 12.1. The summed E-state index contributed by atoms with van der Waals surface area (Å²) in [5.74, 6) is 1.49. The van der Waals surface area contributed by atoms with E-state index in [-0.39, 0.29) is 18.0 Å². The molecule has 1 heterocycles. The highest BCUT2D eigenvalue weighted by Gasteiger charge is 2.30. The Morgan fingerprint density at radius 2 is 1.84 bits per heavy atom. The Labute approximate surface area is 190 Å². The molecule has 2 atom stereocenters. The second-order valence-corrected chi connectivity index (χ2v) is 8.25. The number of quaternary nitrogens is 1. The molecule has 0 spiro atoms. The maximum Gasteiger partial charge on any atom is 0.186 e. The van der Waals surface area contributed by atoms with Gasteiger partial charge in [0.15, 0.2) is 17.7 Å². The largest absolute Gasteiger partial charge is 0.504 e. The fourth-order valence-corrected chi connectivity index (χ4v) is 4.08. The lowest BCUT2D eigenvalue weighted by atomic mass is 9.97. The van der Waals surface area contributed by atoms with Crippen LogP contribution in [0.3, 0.4) is 0 Å². The average molecular weight is 482 g/mol. The van der Waals surface area contributed by atoms with E-state index in [9.17, 15) is 5.11 Å². The number of nitrogens with two attached hydrogens (primary N) is 1. The topological polar surface area (TPSA) is 67.3 Å². The van der Waals surface area contributed by atoms with Crippen molar-refractivity contribution in [2.45, 2.75) is 19.1 Å². The number of hydrogen-bond acceptors (Lipinski definition) is 4. The predicted molar refractivity (Wildman–Crippen MR) is 125 cm³/mol. The van der Waals surface area contributed by atoms with Gasteiger partial charge in [0.25, 0.3) is 0 Å². The minimum Gasteiger partial charge on any atom is -0.504 e. The van der Waals surface area contributed by atoms with Gasteiger partial charge in [-0.3, -0.25) is 0 Å². The molecule has 4 N–H and O–H groups in total. The van der Waals surface area contributed by atoms with Crippen molar-refractivity contribution in [1.29, 1.82) is 0 Å². The summed E-state index contributed by atoms with van der Waals surface area (Å²) in [6.07, 6.45) is 2.11. The number of para-hydroxylation sites is 1. The van der Waals surface area contributed by atoms with Crippen molar-refractivity contribution < 1.29 is 19.9 Å². The average Bonchev–Trinajstić information content (AvgIpc) is 2.81. The first kappa shape index (κ1) is 21.3. The molecule has 0 fully saturated rings. The quantitative estimate of drug-likeness (QED) is 0.484. The van der Waals surface area contributed by atoms with Crippen molar-refractivity contribution in [2.75, 3.05) is 13.7 Å². The number of ether oxygens (including phenoxy) is 2. The molecule has 31 heavy (non-hydrogen) atoms. The molecule has 3 aromatic rings. The highest BCUT2D eigenvalue weighted by molar-refractivity contribution is 9.10. The van der Waals surface area contributed by atoms with Gasteiger partial charge in [0.2, 0.25) is 0 Å². The second kappa shape index (κ2) is 9.45. The minimum absolute atomic E-state index is 0.0283. The Kier molecular flexibility index (Phi) is 6.49. The van der Waals surface area contributed by atoms with Gasteiger partial charge in [-0.15, -0.1) is 0 Å². The molecule has 0 saturated carbocycles. The lowest BCUT2D eigenvalue weighted by Gasteiger charge is -2.30. The molecule has 6 heteroatoms. The number of benzene rings is 3. The first-order valence-corrected chi connectivity index (χ1v) is 11.1. The van der Waals surface area contributed by atoms with Crippen LogP contribution in [-0.4, -0.2) is 18.8 Å². The number of halogens is 1. The Bertz CT molecular complexity index is 1080. The van der Waals surface area contributed by atoms with Gasteiger partial charge in [-0.1, -0.05) is 34.1 Å². The lowest BCUT2D eigenvalue weighted by molar-refractivity contribution is -0.731. The summed E-state index contributed by atoms with van der Waals surface area (Å²) in [6, 6.07) is 21.8. The maximum atomic E-state index is 10.9. The standard InChI is InChI=1S/C25H25BrN2O3/c1-3-31-23-9-5-8-20(24(23)29)22-15-21(17-6-4-7-19(14-17)30-2)27-25(28-22)16-10-12-18(26)13-11-16/h4-15,22,25,27-29H,3H2,1-2H3/p+1. The molecule has 160 valence electrons. The van der Waals surface area contributed by atoms with E-state index in [4.69, 9.17) is 9.47 Å². The molecule has 1 aliphatic rings. The van der Waals surface area contributed by atoms with Crippen molar-refractivity contribution >= 4 is 21.6 Å². The smallest absolute Gasteiger partial charge is 0.186 e. The van der Waals surface area contributed by atoms with Crippen molar-refractivity contribution in [3.8, 4) is 17.2 Å². The fourth-order valence-electron chi connectivity index (χ4n) is 3.81. The zero-order chi connectivity index (χ0) is 21.8. The van der Waals surface area contributed by atoms with Gasteiger partial charge in [0.05, 0.1) is 19.3 Å². The number of methoxy groups -OCH3 is 1. The Morgan fingerprint density at radius 3 is 2.58 bits per heavy atom. The van der Waals surface area contributed by atoms with Crippen molar-refractivity contribution in [3.05, 3.63) is 94.0 Å². The van der Waals surface area contributed by atoms with E-state index >= 15 is 0 Å². The molecule has 0 aliphatic carbocycles. The van der Waals surface area contributed by atoms with E-state index in [0.29, 0.717) is 12.4 Å². The highest BCUT2D eigenvalue weighted by atomic mass is 79.9. The molecule has 0 amide bonds. The number of nitrogens with one attached hydrogen (secondary N) is 1. The van der Waals surface area contributed by atoms with Crippen LogP contribution in [0.15, 0.2) is 77.3 Å². The molecule has 1 aliphatic heterocycles. The van der Waals surface area contributed by atoms with E-state index in [1.165, 1.54) is 0 Å². The van der Waals surface area contributed by atoms with Gasteiger partial charge in [0.1, 0.15) is 11.8 Å². The van der Waals surface area contributed by atoms with Gasteiger partial charge < -0.3 is 25.2 Å². The molecule has 0 radical (unpaired) electrons. The van der Waals surface area contributed by atoms with Crippen molar-refractivity contribution in [1.82, 2.24) is 5.32 Å². The highest BCUT2D eigenvalue weighted by Crippen LogP contribution is 2.35. The predicted octanol–water partition coefficient (Wildman–Crippen LogP) is 4.51. The normalized spacial score (nSPS) is 18.1.